The molecule has 4 aliphatic heterocycles. The minimum atomic E-state index is -4.60. The third kappa shape index (κ3) is 9.89. The molecule has 3 aliphatic carbocycles. The summed E-state index contributed by atoms with van der Waals surface area (Å²) < 4.78 is 52.7. The molecule has 18 heteroatoms. The number of hydrogen-bond acceptors (Lipinski definition) is 11. The highest BCUT2D eigenvalue weighted by Crippen LogP contribution is 2.54. The van der Waals surface area contributed by atoms with Gasteiger partial charge in [-0.3, -0.25) is 9.59 Å². The molecular formula is C49H62F3N9O6. The Bertz CT molecular complexity index is 2410. The lowest BCUT2D eigenvalue weighted by Gasteiger charge is -2.45. The number of carbonyl (C=O) groups is 3. The van der Waals surface area contributed by atoms with Crippen molar-refractivity contribution in [2.75, 3.05) is 55.6 Å². The van der Waals surface area contributed by atoms with E-state index in [9.17, 15) is 43.2 Å². The van der Waals surface area contributed by atoms with E-state index in [0.717, 1.165) is 72.2 Å². The largest absolute Gasteiger partial charge is 0.465 e. The molecule has 3 saturated carbocycles. The van der Waals surface area contributed by atoms with E-state index in [0.29, 0.717) is 74.3 Å². The number of halogens is 3. The summed E-state index contributed by atoms with van der Waals surface area (Å²) in [7, 11) is 0. The normalized spacial score (nSPS) is 25.9. The molecule has 5 unspecified atom stereocenters. The first-order valence-corrected chi connectivity index (χ1v) is 24.1. The lowest BCUT2D eigenvalue weighted by atomic mass is 9.86. The highest BCUT2D eigenvalue weighted by Gasteiger charge is 2.49. The molecule has 0 aromatic carbocycles. The van der Waals surface area contributed by atoms with E-state index in [4.69, 9.17) is 19.4 Å². The number of carbonyl (C=O) groups excluding carboxylic acids is 2. The molecule has 15 nitrogen and oxygen atoms in total. The van der Waals surface area contributed by atoms with Crippen LogP contribution in [0.5, 0.6) is 0 Å². The second-order valence-corrected chi connectivity index (χ2v) is 21.4. The Labute approximate surface area is 389 Å². The van der Waals surface area contributed by atoms with Crippen molar-refractivity contribution in [3.8, 4) is 12.1 Å². The first kappa shape index (κ1) is 46.9. The number of amides is 3. The highest BCUT2D eigenvalue weighted by molar-refractivity contribution is 5.79. The Morgan fingerprint density at radius 1 is 0.821 bits per heavy atom. The fourth-order valence-electron chi connectivity index (χ4n) is 11.4. The molecule has 0 spiro atoms. The van der Waals surface area contributed by atoms with Crippen LogP contribution in [0.3, 0.4) is 0 Å². The van der Waals surface area contributed by atoms with Crippen LogP contribution in [0.25, 0.3) is 0 Å². The maximum Gasteiger partial charge on any atom is 0.404 e. The van der Waals surface area contributed by atoms with Crippen LogP contribution in [0, 0.1) is 40.4 Å². The summed E-state index contributed by atoms with van der Waals surface area (Å²) in [5, 5.41) is 33.1. The van der Waals surface area contributed by atoms with Crippen LogP contribution in [0.15, 0.2) is 0 Å². The van der Waals surface area contributed by atoms with Crippen LogP contribution >= 0.6 is 0 Å². The molecule has 6 heterocycles. The van der Waals surface area contributed by atoms with Crippen molar-refractivity contribution in [1.82, 2.24) is 25.1 Å². The molecule has 3 amide bonds. The van der Waals surface area contributed by atoms with Crippen molar-refractivity contribution in [2.45, 2.75) is 153 Å². The summed E-state index contributed by atoms with van der Waals surface area (Å²) in [5.74, 6) is 0.709. The summed E-state index contributed by atoms with van der Waals surface area (Å²) in [6, 6.07) is 4.28. The molecule has 5 atom stereocenters. The second kappa shape index (κ2) is 17.7. The molecule has 360 valence electrons. The first-order valence-electron chi connectivity index (χ1n) is 24.1. The molecule has 5 fully saturated rings. The number of rotatable bonds is 12. The summed E-state index contributed by atoms with van der Waals surface area (Å²) in [4.78, 5) is 56.3. The topological polar surface area (TPSA) is 188 Å². The van der Waals surface area contributed by atoms with E-state index in [2.05, 4.69) is 29.3 Å². The molecule has 7 aliphatic rings. The predicted octanol–water partition coefficient (Wildman–Crippen LogP) is 6.68. The van der Waals surface area contributed by atoms with Gasteiger partial charge in [0.05, 0.1) is 59.0 Å². The molecule has 2 N–H and O–H groups in total. The zero-order chi connectivity index (χ0) is 47.7. The minimum Gasteiger partial charge on any atom is -0.465 e. The lowest BCUT2D eigenvalue weighted by molar-refractivity contribution is -0.163. The SMILES string of the molecule is CC(CC1CC1c1nc(N2CCN(C(=O)CC(F)(F)F)C(C3CC3)C2)c(C#N)c2c1COC(C)(C)C2)C1CN(c2nc(C3CC3)c3c(c2C#N)CC(C)(C)OC3)CCN1C(=O)CCNC(=O)O. The van der Waals surface area contributed by atoms with Crippen LogP contribution in [-0.4, -0.2) is 118 Å². The van der Waals surface area contributed by atoms with E-state index >= 15 is 0 Å². The third-order valence-corrected chi connectivity index (χ3v) is 15.3. The number of nitrogens with one attached hydrogen (secondary N) is 1. The number of fused-ring (bicyclic) bond motifs is 2. The maximum absolute atomic E-state index is 14.0. The highest BCUT2D eigenvalue weighted by atomic mass is 19.4. The number of nitrogens with zero attached hydrogens (tertiary/aromatic N) is 8. The van der Waals surface area contributed by atoms with Crippen molar-refractivity contribution in [3.63, 3.8) is 0 Å². The number of alkyl halides is 3. The van der Waals surface area contributed by atoms with Crippen LogP contribution in [0.4, 0.5) is 29.6 Å². The average molecular weight is 930 g/mol. The standard InChI is InChI=1S/C49H62F3N9O6/c1-27(38-23-58(12-14-60(38)40(62)10-11-55-46(64)65)44-34(21-53)32-18-47(2,3)66-25-36(32)42(56-44)29-8-9-29)16-30-17-31(30)43-37-26-67-48(4,5)19-33(37)35(22-54)45(57-43)59-13-15-61(39(24-59)28-6-7-28)41(63)20-49(50,51)52/h27-31,38-39,55H,6-20,23-26H2,1-5H3,(H,64,65). The van der Waals surface area contributed by atoms with Gasteiger partial charge in [-0.15, -0.1) is 0 Å². The van der Waals surface area contributed by atoms with Gasteiger partial charge in [-0.25, -0.2) is 14.8 Å². The van der Waals surface area contributed by atoms with Crippen LogP contribution < -0.4 is 15.1 Å². The van der Waals surface area contributed by atoms with Gasteiger partial charge in [0.25, 0.3) is 0 Å². The molecule has 67 heavy (non-hydrogen) atoms. The van der Waals surface area contributed by atoms with E-state index in [1.807, 2.05) is 37.5 Å². The summed E-state index contributed by atoms with van der Waals surface area (Å²) in [6.45, 7) is 12.8. The fraction of sp³-hybridized carbons (Fsp3) is 0.694. The monoisotopic (exact) mass is 929 g/mol. The number of piperazine rings is 2. The minimum absolute atomic E-state index is 0.00918. The number of carboxylic acid groups (broad SMARTS) is 1. The number of hydrogen-bond donors (Lipinski definition) is 2. The van der Waals surface area contributed by atoms with Gasteiger partial charge in [0.2, 0.25) is 11.8 Å². The first-order chi connectivity index (χ1) is 31.7. The van der Waals surface area contributed by atoms with E-state index in [1.165, 1.54) is 4.90 Å². The number of aromatic nitrogens is 2. The van der Waals surface area contributed by atoms with E-state index < -0.39 is 41.8 Å². The number of anilines is 2. The number of ether oxygens (including phenoxy) is 2. The van der Waals surface area contributed by atoms with Gasteiger partial charge in [-0.05, 0) is 95.1 Å². The number of pyridine rings is 2. The summed E-state index contributed by atoms with van der Waals surface area (Å²) >= 11 is 0. The Hall–Kier alpha value is -5.20. The molecule has 0 bridgehead atoms. The van der Waals surface area contributed by atoms with Gasteiger partial charge in [-0.1, -0.05) is 6.92 Å². The van der Waals surface area contributed by atoms with E-state index in [-0.39, 0.29) is 68.3 Å². The summed E-state index contributed by atoms with van der Waals surface area (Å²) in [6.07, 6.45) is -0.909. The molecule has 2 saturated heterocycles. The van der Waals surface area contributed by atoms with E-state index in [1.54, 1.807) is 0 Å². The molecule has 2 aromatic rings. The third-order valence-electron chi connectivity index (χ3n) is 15.3. The smallest absolute Gasteiger partial charge is 0.404 e. The predicted molar refractivity (Wildman–Crippen MR) is 239 cm³/mol. The van der Waals surface area contributed by atoms with Crippen molar-refractivity contribution < 1.29 is 42.1 Å². The average Bonchev–Trinajstić information content (AvgIpc) is 4.12. The Balaban J connectivity index is 0.998. The zero-order valence-corrected chi connectivity index (χ0v) is 39.2. The van der Waals surface area contributed by atoms with Crippen molar-refractivity contribution in [1.29, 1.82) is 10.5 Å². The molecule has 2 aromatic heterocycles. The van der Waals surface area contributed by atoms with Crippen LogP contribution in [-0.2, 0) is 45.1 Å². The summed E-state index contributed by atoms with van der Waals surface area (Å²) in [5.41, 5.74) is 5.72. The van der Waals surface area contributed by atoms with Gasteiger partial charge in [-0.2, -0.15) is 23.7 Å². The van der Waals surface area contributed by atoms with Gasteiger partial charge >= 0.3 is 12.3 Å². The van der Waals surface area contributed by atoms with Crippen LogP contribution in [0.1, 0.15) is 143 Å². The zero-order valence-electron chi connectivity index (χ0n) is 39.2. The van der Waals surface area contributed by atoms with Gasteiger partial charge in [0, 0.05) is 88.0 Å². The van der Waals surface area contributed by atoms with Crippen molar-refractivity contribution in [3.05, 3.63) is 44.8 Å². The molecule has 0 radical (unpaired) electrons. The molecule has 9 rings (SSSR count). The Morgan fingerprint density at radius 2 is 1.39 bits per heavy atom. The molecular weight excluding hydrogens is 868 g/mol. The van der Waals surface area contributed by atoms with Gasteiger partial charge < -0.3 is 39.5 Å². The Kier molecular flexibility index (Phi) is 12.4. The Morgan fingerprint density at radius 3 is 1.94 bits per heavy atom. The lowest BCUT2D eigenvalue weighted by Crippen LogP contribution is -2.58. The van der Waals surface area contributed by atoms with Crippen molar-refractivity contribution in [2.24, 2.45) is 17.8 Å². The van der Waals surface area contributed by atoms with Crippen LogP contribution in [0.2, 0.25) is 0 Å². The second-order valence-electron chi connectivity index (χ2n) is 21.4. The quantitative estimate of drug-likeness (QED) is 0.230. The van der Waals surface area contributed by atoms with Gasteiger partial charge in [0.1, 0.15) is 30.2 Å². The number of nitriles is 2. The maximum atomic E-state index is 14.0. The van der Waals surface area contributed by atoms with Crippen molar-refractivity contribution >= 4 is 29.5 Å². The van der Waals surface area contributed by atoms with Gasteiger partial charge in [0.15, 0.2) is 0 Å². The fourth-order valence-corrected chi connectivity index (χ4v) is 11.4.